The Balaban J connectivity index is 2.61. The number of likely N-dealkylation sites (N-methyl/N-ethyl adjacent to an activating group) is 1. The normalized spacial score (nSPS) is 12.7. The molecule has 1 aromatic carbocycles. The average molecular weight is 290 g/mol. The van der Waals surface area contributed by atoms with Crippen molar-refractivity contribution in [2.45, 2.75) is 47.2 Å². The van der Waals surface area contributed by atoms with Crippen molar-refractivity contribution < 1.29 is 9.59 Å². The number of amides is 2. The van der Waals surface area contributed by atoms with Gasteiger partial charge in [-0.25, -0.2) is 0 Å². The standard InChI is InChI=1S/C17H26N2O2/c1-12-7-9-14(10-8-12)11-19(6)15(20)13(2)18-16(21)17(3,4)5/h7-10,13H,11H2,1-6H3,(H,18,21). The zero-order chi connectivity index (χ0) is 16.2. The van der Waals surface area contributed by atoms with Crippen LogP contribution in [0.4, 0.5) is 0 Å². The maximum atomic E-state index is 12.3. The lowest BCUT2D eigenvalue weighted by Crippen LogP contribution is -2.48. The second-order valence-corrected chi connectivity index (χ2v) is 6.63. The van der Waals surface area contributed by atoms with Gasteiger partial charge < -0.3 is 10.2 Å². The van der Waals surface area contributed by atoms with Crippen molar-refractivity contribution in [1.29, 1.82) is 0 Å². The first-order chi connectivity index (χ1) is 9.61. The molecule has 1 rings (SSSR count). The van der Waals surface area contributed by atoms with E-state index in [-0.39, 0.29) is 11.8 Å². The summed E-state index contributed by atoms with van der Waals surface area (Å²) in [6.07, 6.45) is 0. The molecule has 0 aliphatic rings. The van der Waals surface area contributed by atoms with Gasteiger partial charge in [0.2, 0.25) is 11.8 Å². The molecule has 0 aliphatic heterocycles. The SMILES string of the molecule is Cc1ccc(CN(C)C(=O)C(C)NC(=O)C(C)(C)C)cc1. The third kappa shape index (κ3) is 5.21. The summed E-state index contributed by atoms with van der Waals surface area (Å²) in [6, 6.07) is 7.55. The van der Waals surface area contributed by atoms with E-state index < -0.39 is 11.5 Å². The molecule has 4 heteroatoms. The molecule has 4 nitrogen and oxygen atoms in total. The Morgan fingerprint density at radius 2 is 1.71 bits per heavy atom. The first kappa shape index (κ1) is 17.2. The second-order valence-electron chi connectivity index (χ2n) is 6.63. The molecule has 0 saturated heterocycles. The van der Waals surface area contributed by atoms with E-state index in [1.165, 1.54) is 5.56 Å². The summed E-state index contributed by atoms with van der Waals surface area (Å²) in [6.45, 7) is 9.77. The van der Waals surface area contributed by atoms with Crippen molar-refractivity contribution in [3.63, 3.8) is 0 Å². The molecule has 0 bridgehead atoms. The minimum absolute atomic E-state index is 0.0897. The van der Waals surface area contributed by atoms with E-state index in [1.807, 2.05) is 52.0 Å². The van der Waals surface area contributed by atoms with E-state index in [9.17, 15) is 9.59 Å². The van der Waals surface area contributed by atoms with Gasteiger partial charge >= 0.3 is 0 Å². The molecule has 0 heterocycles. The topological polar surface area (TPSA) is 49.4 Å². The smallest absolute Gasteiger partial charge is 0.244 e. The number of carbonyl (C=O) groups excluding carboxylic acids is 2. The molecule has 1 unspecified atom stereocenters. The quantitative estimate of drug-likeness (QED) is 0.926. The number of benzene rings is 1. The number of nitrogens with one attached hydrogen (secondary N) is 1. The number of carbonyl (C=O) groups is 2. The van der Waals surface area contributed by atoms with Crippen LogP contribution in [0.15, 0.2) is 24.3 Å². The minimum atomic E-state index is -0.521. The van der Waals surface area contributed by atoms with Crippen LogP contribution < -0.4 is 5.32 Å². The van der Waals surface area contributed by atoms with E-state index in [2.05, 4.69) is 5.32 Å². The molecule has 1 aromatic rings. The highest BCUT2D eigenvalue weighted by atomic mass is 16.2. The molecule has 0 aliphatic carbocycles. The number of aryl methyl sites for hydroxylation is 1. The predicted molar refractivity (Wildman–Crippen MR) is 84.7 cm³/mol. The summed E-state index contributed by atoms with van der Waals surface area (Å²) < 4.78 is 0. The Labute approximate surface area is 127 Å². The summed E-state index contributed by atoms with van der Waals surface area (Å²) in [5.41, 5.74) is 1.77. The highest BCUT2D eigenvalue weighted by Crippen LogP contribution is 2.13. The van der Waals surface area contributed by atoms with Crippen molar-refractivity contribution in [1.82, 2.24) is 10.2 Å². The maximum Gasteiger partial charge on any atom is 0.244 e. The average Bonchev–Trinajstić information content (AvgIpc) is 2.39. The van der Waals surface area contributed by atoms with Crippen LogP contribution >= 0.6 is 0 Å². The third-order valence-electron chi connectivity index (χ3n) is 3.32. The first-order valence-corrected chi connectivity index (χ1v) is 7.22. The lowest BCUT2D eigenvalue weighted by atomic mass is 9.95. The van der Waals surface area contributed by atoms with Gasteiger partial charge in [0.05, 0.1) is 0 Å². The van der Waals surface area contributed by atoms with Crippen molar-refractivity contribution in [3.05, 3.63) is 35.4 Å². The fourth-order valence-corrected chi connectivity index (χ4v) is 1.85. The van der Waals surface area contributed by atoms with E-state index in [0.717, 1.165) is 5.56 Å². The largest absolute Gasteiger partial charge is 0.344 e. The zero-order valence-electron chi connectivity index (χ0n) is 13.9. The van der Waals surface area contributed by atoms with Gasteiger partial charge in [-0.1, -0.05) is 50.6 Å². The van der Waals surface area contributed by atoms with Crippen LogP contribution in [0.2, 0.25) is 0 Å². The van der Waals surface area contributed by atoms with Crippen molar-refractivity contribution >= 4 is 11.8 Å². The van der Waals surface area contributed by atoms with Crippen LogP contribution in [0, 0.1) is 12.3 Å². The summed E-state index contributed by atoms with van der Waals surface area (Å²) in [7, 11) is 1.75. The predicted octanol–water partition coefficient (Wildman–Crippen LogP) is 2.50. The second kappa shape index (κ2) is 6.74. The molecular formula is C17H26N2O2. The monoisotopic (exact) mass is 290 g/mol. The van der Waals surface area contributed by atoms with Gasteiger partial charge in [0.25, 0.3) is 0 Å². The highest BCUT2D eigenvalue weighted by Gasteiger charge is 2.26. The molecule has 0 aromatic heterocycles. The van der Waals surface area contributed by atoms with E-state index in [1.54, 1.807) is 18.9 Å². The molecule has 0 fully saturated rings. The maximum absolute atomic E-state index is 12.3. The van der Waals surface area contributed by atoms with Gasteiger partial charge in [-0.15, -0.1) is 0 Å². The van der Waals surface area contributed by atoms with Gasteiger partial charge in [-0.3, -0.25) is 9.59 Å². The molecule has 0 saturated carbocycles. The molecular weight excluding hydrogens is 264 g/mol. The van der Waals surface area contributed by atoms with Crippen LogP contribution in [-0.4, -0.2) is 29.8 Å². The summed E-state index contributed by atoms with van der Waals surface area (Å²) in [5.74, 6) is -0.208. The van der Waals surface area contributed by atoms with Gasteiger partial charge in [0, 0.05) is 19.0 Å². The van der Waals surface area contributed by atoms with E-state index >= 15 is 0 Å². The van der Waals surface area contributed by atoms with Gasteiger partial charge in [0.1, 0.15) is 6.04 Å². The Morgan fingerprint density at radius 3 is 2.19 bits per heavy atom. The molecule has 21 heavy (non-hydrogen) atoms. The van der Waals surface area contributed by atoms with E-state index in [0.29, 0.717) is 6.54 Å². The van der Waals surface area contributed by atoms with Gasteiger partial charge in [-0.05, 0) is 19.4 Å². The summed E-state index contributed by atoms with van der Waals surface area (Å²) in [5, 5.41) is 2.77. The Kier molecular flexibility index (Phi) is 5.53. The Bertz CT molecular complexity index is 501. The Hall–Kier alpha value is -1.84. The molecule has 1 N–H and O–H groups in total. The lowest BCUT2D eigenvalue weighted by molar-refractivity contribution is -0.137. The highest BCUT2D eigenvalue weighted by molar-refractivity contribution is 5.89. The van der Waals surface area contributed by atoms with Crippen molar-refractivity contribution in [3.8, 4) is 0 Å². The minimum Gasteiger partial charge on any atom is -0.344 e. The van der Waals surface area contributed by atoms with E-state index in [4.69, 9.17) is 0 Å². The summed E-state index contributed by atoms with van der Waals surface area (Å²) >= 11 is 0. The van der Waals surface area contributed by atoms with Crippen LogP contribution in [-0.2, 0) is 16.1 Å². The van der Waals surface area contributed by atoms with Crippen LogP contribution in [0.1, 0.15) is 38.8 Å². The summed E-state index contributed by atoms with van der Waals surface area (Å²) in [4.78, 5) is 25.8. The van der Waals surface area contributed by atoms with Crippen LogP contribution in [0.25, 0.3) is 0 Å². The van der Waals surface area contributed by atoms with Crippen molar-refractivity contribution in [2.75, 3.05) is 7.05 Å². The molecule has 1 atom stereocenters. The van der Waals surface area contributed by atoms with Gasteiger partial charge in [-0.2, -0.15) is 0 Å². The fourth-order valence-electron chi connectivity index (χ4n) is 1.85. The number of rotatable bonds is 4. The third-order valence-corrected chi connectivity index (χ3v) is 3.32. The molecule has 2 amide bonds. The fraction of sp³-hybridized carbons (Fsp3) is 0.529. The van der Waals surface area contributed by atoms with Crippen molar-refractivity contribution in [2.24, 2.45) is 5.41 Å². The molecule has 0 radical (unpaired) electrons. The molecule has 116 valence electrons. The zero-order valence-corrected chi connectivity index (χ0v) is 13.9. The molecule has 0 spiro atoms. The number of hydrogen-bond acceptors (Lipinski definition) is 2. The first-order valence-electron chi connectivity index (χ1n) is 7.22. The van der Waals surface area contributed by atoms with Crippen LogP contribution in [0.5, 0.6) is 0 Å². The number of nitrogens with zero attached hydrogens (tertiary/aromatic N) is 1. The number of hydrogen-bond donors (Lipinski definition) is 1. The Morgan fingerprint density at radius 1 is 1.19 bits per heavy atom. The van der Waals surface area contributed by atoms with Crippen LogP contribution in [0.3, 0.4) is 0 Å². The van der Waals surface area contributed by atoms with Gasteiger partial charge in [0.15, 0.2) is 0 Å². The lowest BCUT2D eigenvalue weighted by Gasteiger charge is -2.25.